The summed E-state index contributed by atoms with van der Waals surface area (Å²) in [6.45, 7) is 5.51. The zero-order valence-corrected chi connectivity index (χ0v) is 12.4. The fraction of sp³-hybridized carbons (Fsp3) is 0.692. The number of anilines is 2. The van der Waals surface area contributed by atoms with Crippen molar-refractivity contribution < 1.29 is 4.74 Å². The van der Waals surface area contributed by atoms with E-state index in [9.17, 15) is 9.59 Å². The molecular formula is C13H24N4O3. The normalized spacial score (nSPS) is 11.0. The third kappa shape index (κ3) is 3.86. The molecule has 0 radical (unpaired) electrons. The van der Waals surface area contributed by atoms with Crippen LogP contribution in [0.15, 0.2) is 9.59 Å². The first kappa shape index (κ1) is 16.3. The van der Waals surface area contributed by atoms with Crippen molar-refractivity contribution in [2.24, 2.45) is 5.92 Å². The van der Waals surface area contributed by atoms with Gasteiger partial charge in [0.15, 0.2) is 0 Å². The molecule has 0 spiro atoms. The van der Waals surface area contributed by atoms with Gasteiger partial charge in [0.2, 0.25) is 0 Å². The second kappa shape index (κ2) is 7.74. The highest BCUT2D eigenvalue weighted by atomic mass is 16.5. The Hall–Kier alpha value is -1.76. The van der Waals surface area contributed by atoms with E-state index in [1.54, 1.807) is 7.11 Å². The molecule has 7 nitrogen and oxygen atoms in total. The van der Waals surface area contributed by atoms with E-state index < -0.39 is 11.2 Å². The quantitative estimate of drug-likeness (QED) is 0.649. The number of hydrogen-bond acceptors (Lipinski definition) is 5. The van der Waals surface area contributed by atoms with Crippen molar-refractivity contribution in [1.82, 2.24) is 9.55 Å². The summed E-state index contributed by atoms with van der Waals surface area (Å²) in [5.74, 6) is 0.620. The number of nitrogens with zero attached hydrogens (tertiary/aromatic N) is 1. The molecule has 0 saturated carbocycles. The van der Waals surface area contributed by atoms with E-state index in [2.05, 4.69) is 24.1 Å². The summed E-state index contributed by atoms with van der Waals surface area (Å²) in [5, 5.41) is 3.06. The second-order valence-electron chi connectivity index (χ2n) is 4.73. The maximum Gasteiger partial charge on any atom is 0.330 e. The number of nitrogens with one attached hydrogen (secondary N) is 2. The van der Waals surface area contributed by atoms with Crippen LogP contribution < -0.4 is 22.3 Å². The molecule has 0 atom stereocenters. The molecule has 0 aliphatic heterocycles. The molecule has 0 amide bonds. The Bertz CT molecular complexity index is 531. The lowest BCUT2D eigenvalue weighted by atomic mass is 10.0. The van der Waals surface area contributed by atoms with Crippen LogP contribution in [-0.2, 0) is 11.3 Å². The summed E-state index contributed by atoms with van der Waals surface area (Å²) < 4.78 is 6.24. The summed E-state index contributed by atoms with van der Waals surface area (Å²) in [7, 11) is 1.54. The SMILES string of the molecule is CCC(CC)CNc1c(N)n(CCOC)c(=O)[nH]c1=O. The number of ether oxygens (including phenoxy) is 1. The first-order valence-electron chi connectivity index (χ1n) is 6.90. The van der Waals surface area contributed by atoms with Gasteiger partial charge in [-0.1, -0.05) is 26.7 Å². The molecule has 0 bridgehead atoms. The lowest BCUT2D eigenvalue weighted by Crippen LogP contribution is -2.35. The number of nitrogens with two attached hydrogens (primary N) is 1. The Labute approximate surface area is 118 Å². The van der Waals surface area contributed by atoms with E-state index in [0.29, 0.717) is 25.6 Å². The van der Waals surface area contributed by atoms with Crippen LogP contribution in [0.4, 0.5) is 11.5 Å². The van der Waals surface area contributed by atoms with Crippen LogP contribution in [0.3, 0.4) is 0 Å². The number of aromatic nitrogens is 2. The van der Waals surface area contributed by atoms with E-state index in [0.717, 1.165) is 12.8 Å². The molecule has 114 valence electrons. The van der Waals surface area contributed by atoms with Gasteiger partial charge in [0.25, 0.3) is 5.56 Å². The zero-order valence-electron chi connectivity index (χ0n) is 12.4. The highest BCUT2D eigenvalue weighted by Crippen LogP contribution is 2.13. The van der Waals surface area contributed by atoms with Crippen LogP contribution in [-0.4, -0.2) is 29.8 Å². The van der Waals surface area contributed by atoms with Crippen LogP contribution >= 0.6 is 0 Å². The standard InChI is InChI=1S/C13H24N4O3/c1-4-9(5-2)8-15-10-11(14)17(6-7-20-3)13(19)16-12(10)18/h9,15H,4-8,14H2,1-3H3,(H,16,18,19). The average molecular weight is 284 g/mol. The van der Waals surface area contributed by atoms with E-state index in [1.165, 1.54) is 4.57 Å². The molecular weight excluding hydrogens is 260 g/mol. The van der Waals surface area contributed by atoms with Crippen LogP contribution in [0.5, 0.6) is 0 Å². The Kier molecular flexibility index (Phi) is 6.30. The minimum absolute atomic E-state index is 0.154. The third-order valence-electron chi connectivity index (χ3n) is 3.48. The molecule has 7 heteroatoms. The van der Waals surface area contributed by atoms with Gasteiger partial charge in [-0.3, -0.25) is 14.3 Å². The summed E-state index contributed by atoms with van der Waals surface area (Å²) in [4.78, 5) is 25.8. The zero-order chi connectivity index (χ0) is 15.1. The van der Waals surface area contributed by atoms with Gasteiger partial charge in [-0.05, 0) is 5.92 Å². The molecule has 1 aromatic rings. The summed E-state index contributed by atoms with van der Waals surface area (Å²) >= 11 is 0. The van der Waals surface area contributed by atoms with Gasteiger partial charge in [0.1, 0.15) is 11.5 Å². The molecule has 1 aromatic heterocycles. The summed E-state index contributed by atoms with van der Waals surface area (Å²) in [6.07, 6.45) is 2.04. The Morgan fingerprint density at radius 1 is 1.35 bits per heavy atom. The van der Waals surface area contributed by atoms with E-state index in [1.807, 2.05) is 0 Å². The molecule has 0 fully saturated rings. The van der Waals surface area contributed by atoms with Crippen LogP contribution in [0.2, 0.25) is 0 Å². The molecule has 0 unspecified atom stereocenters. The first-order valence-corrected chi connectivity index (χ1v) is 6.90. The number of nitrogen functional groups attached to an aromatic ring is 1. The summed E-state index contributed by atoms with van der Waals surface area (Å²) in [6, 6.07) is 0. The van der Waals surface area contributed by atoms with Crippen LogP contribution in [0, 0.1) is 5.92 Å². The van der Waals surface area contributed by atoms with E-state index in [-0.39, 0.29) is 11.5 Å². The van der Waals surface area contributed by atoms with Gasteiger partial charge in [-0.2, -0.15) is 0 Å². The third-order valence-corrected chi connectivity index (χ3v) is 3.48. The van der Waals surface area contributed by atoms with Gasteiger partial charge in [-0.25, -0.2) is 4.79 Å². The smallest absolute Gasteiger partial charge is 0.330 e. The van der Waals surface area contributed by atoms with Crippen LogP contribution in [0.25, 0.3) is 0 Å². The van der Waals surface area contributed by atoms with E-state index in [4.69, 9.17) is 10.5 Å². The fourth-order valence-electron chi connectivity index (χ4n) is 1.99. The van der Waals surface area contributed by atoms with Crippen molar-refractivity contribution in [2.75, 3.05) is 31.3 Å². The highest BCUT2D eigenvalue weighted by molar-refractivity contribution is 5.60. The number of methoxy groups -OCH3 is 1. The topological polar surface area (TPSA) is 102 Å². The van der Waals surface area contributed by atoms with Crippen molar-refractivity contribution in [3.05, 3.63) is 20.8 Å². The molecule has 0 aromatic carbocycles. The maximum atomic E-state index is 11.8. The van der Waals surface area contributed by atoms with Gasteiger partial charge in [0, 0.05) is 13.7 Å². The lowest BCUT2D eigenvalue weighted by Gasteiger charge is -2.17. The number of hydrogen-bond donors (Lipinski definition) is 3. The molecule has 0 aliphatic rings. The van der Waals surface area contributed by atoms with E-state index >= 15 is 0 Å². The molecule has 20 heavy (non-hydrogen) atoms. The molecule has 0 aliphatic carbocycles. The maximum absolute atomic E-state index is 11.8. The van der Waals surface area contributed by atoms with Gasteiger partial charge >= 0.3 is 5.69 Å². The number of rotatable bonds is 8. The molecule has 1 rings (SSSR count). The predicted octanol–water partition coefficient (Wildman–Crippen LogP) is 0.613. The van der Waals surface area contributed by atoms with Crippen molar-refractivity contribution in [2.45, 2.75) is 33.2 Å². The Morgan fingerprint density at radius 2 is 2.00 bits per heavy atom. The Balaban J connectivity index is 3.01. The summed E-state index contributed by atoms with van der Waals surface area (Å²) in [5.41, 5.74) is 5.18. The highest BCUT2D eigenvalue weighted by Gasteiger charge is 2.13. The lowest BCUT2D eigenvalue weighted by molar-refractivity contribution is 0.186. The van der Waals surface area contributed by atoms with Gasteiger partial charge in [-0.15, -0.1) is 0 Å². The van der Waals surface area contributed by atoms with Gasteiger partial charge < -0.3 is 15.8 Å². The molecule has 0 saturated heterocycles. The van der Waals surface area contributed by atoms with Crippen LogP contribution in [0.1, 0.15) is 26.7 Å². The molecule has 4 N–H and O–H groups in total. The Morgan fingerprint density at radius 3 is 2.55 bits per heavy atom. The van der Waals surface area contributed by atoms with Crippen molar-refractivity contribution in [3.8, 4) is 0 Å². The second-order valence-corrected chi connectivity index (χ2v) is 4.73. The number of H-pyrrole nitrogens is 1. The minimum Gasteiger partial charge on any atom is -0.383 e. The van der Waals surface area contributed by atoms with Gasteiger partial charge in [0.05, 0.1) is 13.2 Å². The number of aromatic amines is 1. The predicted molar refractivity (Wildman–Crippen MR) is 80.2 cm³/mol. The largest absolute Gasteiger partial charge is 0.383 e. The molecule has 1 heterocycles. The first-order chi connectivity index (χ1) is 9.54. The minimum atomic E-state index is -0.516. The monoisotopic (exact) mass is 284 g/mol. The van der Waals surface area contributed by atoms with Crippen molar-refractivity contribution >= 4 is 11.5 Å². The average Bonchev–Trinajstić information content (AvgIpc) is 2.42. The van der Waals surface area contributed by atoms with Crippen molar-refractivity contribution in [3.63, 3.8) is 0 Å². The fourth-order valence-corrected chi connectivity index (χ4v) is 1.99. The van der Waals surface area contributed by atoms with Crippen molar-refractivity contribution in [1.29, 1.82) is 0 Å².